The normalized spacial score (nSPS) is 7.86. The van der Waals surface area contributed by atoms with Crippen LogP contribution in [-0.2, 0) is 9.59 Å². The number of primary amides is 1. The number of allylic oxidation sites excluding steroid dienone is 1. The summed E-state index contributed by atoms with van der Waals surface area (Å²) in [6, 6.07) is 0. The van der Waals surface area contributed by atoms with E-state index in [2.05, 4.69) is 6.58 Å². The minimum Gasteiger partial charge on any atom is -0.478 e. The lowest BCUT2D eigenvalue weighted by molar-refractivity contribution is -0.131. The SMILES string of the molecule is C=CC(=O)O.CCC(=CC(N)=O)CC. The first-order valence-electron chi connectivity index (χ1n) is 4.32. The number of carbonyl (C=O) groups excluding carboxylic acids is 1. The van der Waals surface area contributed by atoms with E-state index in [9.17, 15) is 9.59 Å². The Morgan fingerprint density at radius 1 is 1.36 bits per heavy atom. The molecule has 0 aliphatic rings. The first-order valence-corrected chi connectivity index (χ1v) is 4.32. The van der Waals surface area contributed by atoms with Gasteiger partial charge in [-0.15, -0.1) is 0 Å². The topological polar surface area (TPSA) is 80.4 Å². The first-order chi connectivity index (χ1) is 6.47. The second kappa shape index (κ2) is 9.51. The van der Waals surface area contributed by atoms with Crippen molar-refractivity contribution in [2.75, 3.05) is 0 Å². The third-order valence-electron chi connectivity index (χ3n) is 1.43. The quantitative estimate of drug-likeness (QED) is 0.673. The summed E-state index contributed by atoms with van der Waals surface area (Å²) in [7, 11) is 0. The molecule has 0 heterocycles. The molecule has 0 aromatic carbocycles. The van der Waals surface area contributed by atoms with E-state index in [-0.39, 0.29) is 5.91 Å². The minimum atomic E-state index is -0.981. The number of carbonyl (C=O) groups is 2. The maximum Gasteiger partial charge on any atom is 0.327 e. The molecule has 0 unspecified atom stereocenters. The smallest absolute Gasteiger partial charge is 0.327 e. The number of hydrogen-bond donors (Lipinski definition) is 2. The van der Waals surface area contributed by atoms with Gasteiger partial charge < -0.3 is 10.8 Å². The number of carboxylic acid groups (broad SMARTS) is 1. The molecule has 0 rings (SSSR count). The molecule has 0 saturated carbocycles. The molecular formula is C10H17NO3. The molecule has 80 valence electrons. The van der Waals surface area contributed by atoms with Gasteiger partial charge in [0.1, 0.15) is 0 Å². The van der Waals surface area contributed by atoms with Crippen LogP contribution in [0.2, 0.25) is 0 Å². The summed E-state index contributed by atoms with van der Waals surface area (Å²) < 4.78 is 0. The molecule has 0 atom stereocenters. The lowest BCUT2D eigenvalue weighted by atomic mass is 10.1. The summed E-state index contributed by atoms with van der Waals surface area (Å²) >= 11 is 0. The summed E-state index contributed by atoms with van der Waals surface area (Å²) in [5.41, 5.74) is 6.04. The molecule has 0 aromatic rings. The van der Waals surface area contributed by atoms with Gasteiger partial charge in [0.05, 0.1) is 0 Å². The van der Waals surface area contributed by atoms with Gasteiger partial charge in [0, 0.05) is 12.2 Å². The van der Waals surface area contributed by atoms with E-state index in [4.69, 9.17) is 10.8 Å². The second-order valence-corrected chi connectivity index (χ2v) is 2.45. The van der Waals surface area contributed by atoms with Crippen LogP contribution in [0.15, 0.2) is 24.3 Å². The average molecular weight is 199 g/mol. The number of carboxylic acids is 1. The van der Waals surface area contributed by atoms with Crippen molar-refractivity contribution in [1.29, 1.82) is 0 Å². The Balaban J connectivity index is 0. The van der Waals surface area contributed by atoms with Gasteiger partial charge >= 0.3 is 5.97 Å². The fourth-order valence-corrected chi connectivity index (χ4v) is 0.655. The number of nitrogens with two attached hydrogens (primary N) is 1. The summed E-state index contributed by atoms with van der Waals surface area (Å²) in [5.74, 6) is -1.32. The Morgan fingerprint density at radius 2 is 1.71 bits per heavy atom. The predicted octanol–water partition coefficient (Wildman–Crippen LogP) is 1.48. The number of aliphatic carboxylic acids is 1. The average Bonchev–Trinajstić information content (AvgIpc) is 2.14. The van der Waals surface area contributed by atoms with Gasteiger partial charge in [0.2, 0.25) is 5.91 Å². The van der Waals surface area contributed by atoms with Gasteiger partial charge in [-0.3, -0.25) is 4.79 Å². The van der Waals surface area contributed by atoms with Crippen LogP contribution in [0.4, 0.5) is 0 Å². The molecule has 3 N–H and O–H groups in total. The molecule has 0 saturated heterocycles. The third-order valence-corrected chi connectivity index (χ3v) is 1.43. The van der Waals surface area contributed by atoms with Crippen LogP contribution >= 0.6 is 0 Å². The van der Waals surface area contributed by atoms with Gasteiger partial charge in [-0.25, -0.2) is 4.79 Å². The van der Waals surface area contributed by atoms with Crippen LogP contribution in [0.3, 0.4) is 0 Å². The molecule has 0 aliphatic heterocycles. The Morgan fingerprint density at radius 3 is 1.79 bits per heavy atom. The van der Waals surface area contributed by atoms with Crippen LogP contribution in [-0.4, -0.2) is 17.0 Å². The lowest BCUT2D eigenvalue weighted by Crippen LogP contribution is -2.06. The fourth-order valence-electron chi connectivity index (χ4n) is 0.655. The van der Waals surface area contributed by atoms with Crippen LogP contribution < -0.4 is 5.73 Å². The van der Waals surface area contributed by atoms with Crippen LogP contribution in [0, 0.1) is 0 Å². The Hall–Kier alpha value is -1.58. The van der Waals surface area contributed by atoms with Gasteiger partial charge in [0.15, 0.2) is 0 Å². The van der Waals surface area contributed by atoms with Crippen molar-refractivity contribution in [1.82, 2.24) is 0 Å². The zero-order chi connectivity index (χ0) is 11.6. The predicted molar refractivity (Wildman–Crippen MR) is 55.7 cm³/mol. The molecule has 0 radical (unpaired) electrons. The van der Waals surface area contributed by atoms with E-state index in [1.165, 1.54) is 6.08 Å². The molecule has 4 nitrogen and oxygen atoms in total. The molecule has 0 bridgehead atoms. The van der Waals surface area contributed by atoms with Gasteiger partial charge in [-0.1, -0.05) is 26.0 Å². The van der Waals surface area contributed by atoms with E-state index in [0.717, 1.165) is 24.5 Å². The fraction of sp³-hybridized carbons (Fsp3) is 0.400. The van der Waals surface area contributed by atoms with Gasteiger partial charge in [-0.2, -0.15) is 0 Å². The van der Waals surface area contributed by atoms with E-state index >= 15 is 0 Å². The zero-order valence-corrected chi connectivity index (χ0v) is 8.62. The van der Waals surface area contributed by atoms with Crippen molar-refractivity contribution in [2.45, 2.75) is 26.7 Å². The number of rotatable bonds is 4. The maximum absolute atomic E-state index is 10.3. The second-order valence-electron chi connectivity index (χ2n) is 2.45. The van der Waals surface area contributed by atoms with Gasteiger partial charge in [-0.05, 0) is 12.8 Å². The first kappa shape index (κ1) is 14.9. The molecule has 0 aliphatic carbocycles. The Labute approximate surface area is 84.1 Å². The molecule has 14 heavy (non-hydrogen) atoms. The van der Waals surface area contributed by atoms with Crippen molar-refractivity contribution in [3.8, 4) is 0 Å². The Bertz CT molecular complexity index is 226. The standard InChI is InChI=1S/C7H13NO.C3H4O2/c1-3-6(4-2)5-7(8)9;1-2-3(4)5/h5H,3-4H2,1-2H3,(H2,8,9);2H,1H2,(H,4,5). The van der Waals surface area contributed by atoms with E-state index in [0.29, 0.717) is 0 Å². The number of amides is 1. The molecule has 0 spiro atoms. The highest BCUT2D eigenvalue weighted by Gasteiger charge is 1.91. The van der Waals surface area contributed by atoms with Crippen LogP contribution in [0.25, 0.3) is 0 Å². The molecule has 0 aromatic heterocycles. The molecule has 0 fully saturated rings. The van der Waals surface area contributed by atoms with E-state index in [1.807, 2.05) is 13.8 Å². The van der Waals surface area contributed by atoms with Crippen LogP contribution in [0.1, 0.15) is 26.7 Å². The monoisotopic (exact) mass is 199 g/mol. The minimum absolute atomic E-state index is 0.339. The molecular weight excluding hydrogens is 182 g/mol. The summed E-state index contributed by atoms with van der Waals surface area (Å²) in [6.45, 7) is 6.98. The molecule has 1 amide bonds. The van der Waals surface area contributed by atoms with Crippen molar-refractivity contribution < 1.29 is 14.7 Å². The van der Waals surface area contributed by atoms with E-state index < -0.39 is 5.97 Å². The maximum atomic E-state index is 10.3. The van der Waals surface area contributed by atoms with Crippen molar-refractivity contribution in [3.63, 3.8) is 0 Å². The molecule has 4 heteroatoms. The van der Waals surface area contributed by atoms with Gasteiger partial charge in [0.25, 0.3) is 0 Å². The highest BCUT2D eigenvalue weighted by molar-refractivity contribution is 5.86. The summed E-state index contributed by atoms with van der Waals surface area (Å²) in [4.78, 5) is 19.5. The third kappa shape index (κ3) is 13.0. The van der Waals surface area contributed by atoms with Crippen molar-refractivity contribution in [3.05, 3.63) is 24.3 Å². The highest BCUT2D eigenvalue weighted by Crippen LogP contribution is 2.03. The summed E-state index contributed by atoms with van der Waals surface area (Å²) in [6.07, 6.45) is 4.17. The Kier molecular flexibility index (Phi) is 10.1. The largest absolute Gasteiger partial charge is 0.478 e. The lowest BCUT2D eigenvalue weighted by Gasteiger charge is -1.95. The van der Waals surface area contributed by atoms with Crippen molar-refractivity contribution >= 4 is 11.9 Å². The highest BCUT2D eigenvalue weighted by atomic mass is 16.4. The van der Waals surface area contributed by atoms with Crippen molar-refractivity contribution in [2.24, 2.45) is 5.73 Å². The summed E-state index contributed by atoms with van der Waals surface area (Å²) in [5, 5.41) is 7.60. The zero-order valence-electron chi connectivity index (χ0n) is 8.62. The van der Waals surface area contributed by atoms with Crippen LogP contribution in [0.5, 0.6) is 0 Å². The van der Waals surface area contributed by atoms with E-state index in [1.54, 1.807) is 0 Å². The number of hydrogen-bond acceptors (Lipinski definition) is 2.